The maximum Gasteiger partial charge on any atom is 0.156 e. The number of epoxide rings is 1. The van der Waals surface area contributed by atoms with E-state index in [1.807, 2.05) is 10.9 Å². The van der Waals surface area contributed by atoms with Gasteiger partial charge >= 0.3 is 0 Å². The lowest BCUT2D eigenvalue weighted by Gasteiger charge is -1.94. The Kier molecular flexibility index (Phi) is 1.54. The summed E-state index contributed by atoms with van der Waals surface area (Å²) in [6, 6.07) is 0. The molecule has 1 atom stereocenters. The van der Waals surface area contributed by atoms with Crippen LogP contribution >= 0.6 is 0 Å². The Balaban J connectivity index is 1.99. The smallest absolute Gasteiger partial charge is 0.156 e. The van der Waals surface area contributed by atoms with Gasteiger partial charge in [-0.25, -0.2) is 0 Å². The molecule has 2 heterocycles. The van der Waals surface area contributed by atoms with E-state index in [4.69, 9.17) is 9.47 Å². The maximum absolute atomic E-state index is 5.05. The summed E-state index contributed by atoms with van der Waals surface area (Å²) < 4.78 is 11.9. The zero-order chi connectivity index (χ0) is 7.68. The number of hydrogen-bond donors (Lipinski definition) is 0. The lowest BCUT2D eigenvalue weighted by Crippen LogP contribution is -2.03. The van der Waals surface area contributed by atoms with Gasteiger partial charge < -0.3 is 9.47 Å². The van der Waals surface area contributed by atoms with E-state index in [2.05, 4.69) is 5.10 Å². The van der Waals surface area contributed by atoms with Gasteiger partial charge in [-0.2, -0.15) is 5.10 Å². The average Bonchev–Trinajstić information content (AvgIpc) is 2.68. The Bertz CT molecular complexity index is 242. The fourth-order valence-corrected chi connectivity index (χ4v) is 0.932. The van der Waals surface area contributed by atoms with Crippen molar-refractivity contribution in [3.05, 3.63) is 12.4 Å². The van der Waals surface area contributed by atoms with Gasteiger partial charge in [0.1, 0.15) is 6.10 Å². The van der Waals surface area contributed by atoms with Crippen LogP contribution in [0.15, 0.2) is 12.4 Å². The highest BCUT2D eigenvalue weighted by Gasteiger charge is 2.23. The van der Waals surface area contributed by atoms with Crippen molar-refractivity contribution < 1.29 is 9.47 Å². The van der Waals surface area contributed by atoms with Gasteiger partial charge in [0.05, 0.1) is 32.7 Å². The second-order valence-corrected chi connectivity index (χ2v) is 2.56. The van der Waals surface area contributed by atoms with Crippen molar-refractivity contribution in [2.24, 2.45) is 0 Å². The Hall–Kier alpha value is -1.03. The first kappa shape index (κ1) is 6.67. The van der Waals surface area contributed by atoms with Crippen molar-refractivity contribution in [1.29, 1.82) is 0 Å². The molecule has 1 saturated heterocycles. The summed E-state index contributed by atoms with van der Waals surface area (Å²) in [6.07, 6.45) is 3.93. The molecular weight excluding hydrogens is 144 g/mol. The van der Waals surface area contributed by atoms with E-state index >= 15 is 0 Å². The van der Waals surface area contributed by atoms with Gasteiger partial charge in [-0.3, -0.25) is 4.68 Å². The SMILES string of the molecule is COc1cnn(C[C@H]2CO2)c1. The topological polar surface area (TPSA) is 39.6 Å². The average molecular weight is 154 g/mol. The van der Waals surface area contributed by atoms with Crippen LogP contribution in [0, 0.1) is 0 Å². The Morgan fingerprint density at radius 2 is 2.73 bits per heavy atom. The first-order chi connectivity index (χ1) is 5.38. The van der Waals surface area contributed by atoms with Gasteiger partial charge in [0.25, 0.3) is 0 Å². The van der Waals surface area contributed by atoms with Gasteiger partial charge in [-0.1, -0.05) is 0 Å². The number of rotatable bonds is 3. The van der Waals surface area contributed by atoms with Crippen LogP contribution < -0.4 is 4.74 Å². The molecule has 0 aliphatic carbocycles. The molecule has 0 N–H and O–H groups in total. The highest BCUT2D eigenvalue weighted by molar-refractivity contribution is 5.11. The molecule has 0 amide bonds. The third-order valence-corrected chi connectivity index (χ3v) is 1.64. The zero-order valence-electron chi connectivity index (χ0n) is 6.36. The van der Waals surface area contributed by atoms with Crippen LogP contribution in [0.3, 0.4) is 0 Å². The lowest BCUT2D eigenvalue weighted by molar-refractivity contribution is 0.372. The Morgan fingerprint density at radius 3 is 3.27 bits per heavy atom. The van der Waals surface area contributed by atoms with Crippen LogP contribution in [0.4, 0.5) is 0 Å². The van der Waals surface area contributed by atoms with E-state index in [0.29, 0.717) is 6.10 Å². The minimum atomic E-state index is 0.375. The Morgan fingerprint density at radius 1 is 1.91 bits per heavy atom. The highest BCUT2D eigenvalue weighted by atomic mass is 16.6. The summed E-state index contributed by atoms with van der Waals surface area (Å²) in [7, 11) is 1.63. The van der Waals surface area contributed by atoms with Crippen molar-refractivity contribution in [3.8, 4) is 5.75 Å². The van der Waals surface area contributed by atoms with Gasteiger partial charge in [-0.05, 0) is 0 Å². The maximum atomic E-state index is 5.05. The minimum absolute atomic E-state index is 0.375. The first-order valence-corrected chi connectivity index (χ1v) is 3.56. The van der Waals surface area contributed by atoms with Crippen molar-refractivity contribution in [1.82, 2.24) is 9.78 Å². The summed E-state index contributed by atoms with van der Waals surface area (Å²) in [5, 5.41) is 4.08. The van der Waals surface area contributed by atoms with E-state index < -0.39 is 0 Å². The Labute approximate surface area is 64.7 Å². The van der Waals surface area contributed by atoms with Crippen LogP contribution in [0.5, 0.6) is 5.75 Å². The molecule has 0 bridgehead atoms. The predicted molar refractivity (Wildman–Crippen MR) is 38.5 cm³/mol. The summed E-state index contributed by atoms with van der Waals surface area (Å²) in [4.78, 5) is 0. The van der Waals surface area contributed by atoms with E-state index in [1.165, 1.54) is 0 Å². The fourth-order valence-electron chi connectivity index (χ4n) is 0.932. The molecule has 0 saturated carbocycles. The zero-order valence-corrected chi connectivity index (χ0v) is 6.36. The molecule has 0 unspecified atom stereocenters. The molecule has 11 heavy (non-hydrogen) atoms. The number of aromatic nitrogens is 2. The van der Waals surface area contributed by atoms with Crippen LogP contribution in [-0.2, 0) is 11.3 Å². The summed E-state index contributed by atoms with van der Waals surface area (Å²) in [6.45, 7) is 1.70. The first-order valence-electron chi connectivity index (χ1n) is 3.56. The second kappa shape index (κ2) is 2.54. The molecule has 1 fully saturated rings. The molecule has 0 radical (unpaired) electrons. The predicted octanol–water partition coefficient (Wildman–Crippen LogP) is 0.290. The van der Waals surface area contributed by atoms with Crippen molar-refractivity contribution >= 4 is 0 Å². The minimum Gasteiger partial charge on any atom is -0.493 e. The van der Waals surface area contributed by atoms with Crippen LogP contribution in [0.25, 0.3) is 0 Å². The second-order valence-electron chi connectivity index (χ2n) is 2.56. The molecule has 1 aromatic heterocycles. The van der Waals surface area contributed by atoms with Gasteiger partial charge in [0.2, 0.25) is 0 Å². The molecule has 4 nitrogen and oxygen atoms in total. The molecule has 1 aromatic rings. The standard InChI is InChI=1S/C7H10N2O2/c1-10-6-2-8-9(3-6)4-7-5-11-7/h2-3,7H,4-5H2,1H3/t7-/m0/s1. The number of ether oxygens (including phenoxy) is 2. The normalized spacial score (nSPS) is 21.7. The summed E-state index contributed by atoms with van der Waals surface area (Å²) >= 11 is 0. The van der Waals surface area contributed by atoms with Crippen molar-refractivity contribution in [2.45, 2.75) is 12.6 Å². The number of hydrogen-bond acceptors (Lipinski definition) is 3. The van der Waals surface area contributed by atoms with Crippen LogP contribution in [0.2, 0.25) is 0 Å². The van der Waals surface area contributed by atoms with E-state index in [9.17, 15) is 0 Å². The van der Waals surface area contributed by atoms with Gasteiger partial charge in [0.15, 0.2) is 5.75 Å². The highest BCUT2D eigenvalue weighted by Crippen LogP contribution is 2.13. The van der Waals surface area contributed by atoms with Crippen molar-refractivity contribution in [2.75, 3.05) is 13.7 Å². The fraction of sp³-hybridized carbons (Fsp3) is 0.571. The van der Waals surface area contributed by atoms with Crippen LogP contribution in [0.1, 0.15) is 0 Å². The van der Waals surface area contributed by atoms with Crippen molar-refractivity contribution in [3.63, 3.8) is 0 Å². The quantitative estimate of drug-likeness (QED) is 0.587. The molecule has 60 valence electrons. The van der Waals surface area contributed by atoms with Crippen LogP contribution in [-0.4, -0.2) is 29.6 Å². The largest absolute Gasteiger partial charge is 0.493 e. The van der Waals surface area contributed by atoms with Gasteiger partial charge in [0, 0.05) is 0 Å². The van der Waals surface area contributed by atoms with E-state index in [1.54, 1.807) is 13.3 Å². The third kappa shape index (κ3) is 1.51. The molecule has 1 aliphatic rings. The van der Waals surface area contributed by atoms with Gasteiger partial charge in [-0.15, -0.1) is 0 Å². The number of methoxy groups -OCH3 is 1. The number of nitrogens with zero attached hydrogens (tertiary/aromatic N) is 2. The lowest BCUT2D eigenvalue weighted by atomic mass is 10.5. The molecule has 4 heteroatoms. The van der Waals surface area contributed by atoms with E-state index in [-0.39, 0.29) is 0 Å². The molecule has 1 aliphatic heterocycles. The molecule has 0 aromatic carbocycles. The summed E-state index contributed by atoms with van der Waals surface area (Å²) in [5.74, 6) is 0.797. The monoisotopic (exact) mass is 154 g/mol. The molecule has 2 rings (SSSR count). The summed E-state index contributed by atoms with van der Waals surface area (Å²) in [5.41, 5.74) is 0. The van der Waals surface area contributed by atoms with E-state index in [0.717, 1.165) is 18.9 Å². The molecular formula is C7H10N2O2. The third-order valence-electron chi connectivity index (χ3n) is 1.64. The molecule has 0 spiro atoms.